The van der Waals surface area contributed by atoms with Gasteiger partial charge in [-0.3, -0.25) is 4.79 Å². The van der Waals surface area contributed by atoms with Gasteiger partial charge in [0.25, 0.3) is 8.38 Å². The van der Waals surface area contributed by atoms with Crippen LogP contribution in [0.4, 0.5) is 0 Å². The third-order valence-corrected chi connectivity index (χ3v) is 10.9. The molecule has 0 aliphatic carbocycles. The van der Waals surface area contributed by atoms with Crippen LogP contribution in [0.1, 0.15) is 23.7 Å². The van der Waals surface area contributed by atoms with Crippen molar-refractivity contribution in [2.24, 2.45) is 0 Å². The predicted molar refractivity (Wildman–Crippen MR) is 222 cm³/mol. The molecule has 2 unspecified atom stereocenters. The fraction of sp³-hybridized carbons (Fsp3) is 0.116. The normalized spacial score (nSPS) is 13.0. The monoisotopic (exact) mass is 794 g/mol. The van der Waals surface area contributed by atoms with Gasteiger partial charge in [-0.05, 0) is 77.0 Å². The highest BCUT2D eigenvalue weighted by Crippen LogP contribution is 2.53. The molecule has 5 rings (SSSR count). The minimum absolute atomic E-state index is 0.141. The topological polar surface area (TPSA) is 98.8 Å². The van der Waals surface area contributed by atoms with Crippen molar-refractivity contribution < 1.29 is 41.7 Å². The lowest BCUT2D eigenvalue weighted by molar-refractivity contribution is -0.107. The molecule has 0 heterocycles. The van der Waals surface area contributed by atoms with Crippen LogP contribution in [0.15, 0.2) is 162 Å². The van der Waals surface area contributed by atoms with E-state index in [9.17, 15) is 9.59 Å². The Morgan fingerprint density at radius 1 is 0.745 bits per heavy atom. The number of ether oxygens (including phenoxy) is 2. The zero-order valence-corrected chi connectivity index (χ0v) is 33.4. The van der Waals surface area contributed by atoms with Crippen molar-refractivity contribution in [3.63, 3.8) is 0 Å². The average Bonchev–Trinajstić information content (AvgIpc) is 3.21. The van der Waals surface area contributed by atoms with Gasteiger partial charge >= 0.3 is 8.60 Å². The highest BCUT2D eigenvalue weighted by Gasteiger charge is 2.25. The lowest BCUT2D eigenvalue weighted by Gasteiger charge is -2.22. The van der Waals surface area contributed by atoms with E-state index in [2.05, 4.69) is 6.58 Å². The lowest BCUT2D eigenvalue weighted by Crippen LogP contribution is -2.01. The van der Waals surface area contributed by atoms with Crippen molar-refractivity contribution in [2.75, 3.05) is 20.9 Å². The van der Waals surface area contributed by atoms with Crippen molar-refractivity contribution in [1.82, 2.24) is 0 Å². The molecular weight excluding hydrogens is 754 g/mol. The van der Waals surface area contributed by atoms with Gasteiger partial charge < -0.3 is 36.9 Å². The van der Waals surface area contributed by atoms with Crippen molar-refractivity contribution in [2.45, 2.75) is 23.1 Å². The van der Waals surface area contributed by atoms with Gasteiger partial charge in [-0.25, -0.2) is 0 Å². The van der Waals surface area contributed by atoms with E-state index in [1.165, 1.54) is 32.2 Å². The zero-order chi connectivity index (χ0) is 39.0. The van der Waals surface area contributed by atoms with Crippen LogP contribution in [0.5, 0.6) is 23.0 Å². The Hall–Kier alpha value is -5.53. The molecule has 0 aromatic heterocycles. The summed E-state index contributed by atoms with van der Waals surface area (Å²) in [5, 5.41) is 3.92. The molecule has 0 aliphatic rings. The first-order chi connectivity index (χ1) is 26.9. The van der Waals surface area contributed by atoms with Crippen molar-refractivity contribution in [3.05, 3.63) is 157 Å². The number of hydrogen-bond donors (Lipinski definition) is 0. The summed E-state index contributed by atoms with van der Waals surface area (Å²) in [5.74, 6) is 2.71. The highest BCUT2D eigenvalue weighted by atomic mass is 32.2. The van der Waals surface area contributed by atoms with Crippen molar-refractivity contribution in [1.29, 1.82) is 0 Å². The lowest BCUT2D eigenvalue weighted by atomic mass is 10.1. The summed E-state index contributed by atoms with van der Waals surface area (Å²) < 4.78 is 42.9. The minimum atomic E-state index is -2.11. The molecular formula is C43H40O9P2S. The SMILES string of the molecule is C=C/C=C\C=C\OP(OC(=C/C)/C(=C\CC=O)OC)Oc1ccc2ccccc2c1Sc1c(OP(C)Oc2ccc(C=O)cc2OC)ccc2ccccc12. The fourth-order valence-electron chi connectivity index (χ4n) is 5.21. The van der Waals surface area contributed by atoms with Gasteiger partial charge in [-0.1, -0.05) is 97.2 Å². The molecule has 0 spiro atoms. The third-order valence-electron chi connectivity index (χ3n) is 7.72. The largest absolute Gasteiger partial charge is 0.529 e. The first-order valence-corrected chi connectivity index (χ1v) is 20.5. The van der Waals surface area contributed by atoms with Gasteiger partial charge in [-0.2, -0.15) is 0 Å². The van der Waals surface area contributed by atoms with Gasteiger partial charge in [0.1, 0.15) is 24.1 Å². The minimum Gasteiger partial charge on any atom is -0.493 e. The molecule has 5 aromatic carbocycles. The number of aldehydes is 2. The Bertz CT molecular complexity index is 2250. The second-order valence-electron chi connectivity index (χ2n) is 11.3. The van der Waals surface area contributed by atoms with Crippen LogP contribution in [0, 0.1) is 0 Å². The molecule has 5 aromatic rings. The first kappa shape index (κ1) is 40.7. The van der Waals surface area contributed by atoms with Crippen LogP contribution < -0.4 is 18.3 Å². The average molecular weight is 795 g/mol. The number of benzene rings is 5. The highest BCUT2D eigenvalue weighted by molar-refractivity contribution is 8.00. The summed E-state index contributed by atoms with van der Waals surface area (Å²) in [5.41, 5.74) is 0.474. The Balaban J connectivity index is 1.56. The van der Waals surface area contributed by atoms with Crippen LogP contribution in [0.25, 0.3) is 21.5 Å². The smallest absolute Gasteiger partial charge is 0.493 e. The summed E-state index contributed by atoms with van der Waals surface area (Å²) in [6, 6.07) is 28.9. The number of carbonyl (C=O) groups excluding carboxylic acids is 2. The van der Waals surface area contributed by atoms with Gasteiger partial charge in [0.15, 0.2) is 23.0 Å². The number of rotatable bonds is 20. The van der Waals surface area contributed by atoms with E-state index in [4.69, 9.17) is 32.1 Å². The number of hydrogen-bond acceptors (Lipinski definition) is 10. The van der Waals surface area contributed by atoms with E-state index in [0.717, 1.165) is 43.9 Å². The van der Waals surface area contributed by atoms with E-state index in [0.29, 0.717) is 40.1 Å². The number of fused-ring (bicyclic) bond motifs is 2. The second kappa shape index (κ2) is 20.8. The molecule has 0 aliphatic heterocycles. The molecule has 0 amide bonds. The standard InChI is InChI=1S/C43H40O9P2S/c1-6-8-9-14-28-48-54(51-36(7-2)37(46-3)20-15-27-44)52-40-26-23-33-17-11-13-19-35(33)43(40)55-42-34-18-12-10-16-32(34)22-25-39(42)50-53(5)49-38-24-21-31(30-45)29-41(38)47-4/h6-14,16-30H,1,15H2,2-5H3/b9-8-,28-14+,36-7+,37-20+. The summed E-state index contributed by atoms with van der Waals surface area (Å²) in [7, 11) is -0.610. The summed E-state index contributed by atoms with van der Waals surface area (Å²) in [6.07, 6.45) is 13.4. The summed E-state index contributed by atoms with van der Waals surface area (Å²) >= 11 is 1.49. The van der Waals surface area contributed by atoms with Crippen LogP contribution in [-0.2, 0) is 18.6 Å². The molecule has 2 atom stereocenters. The maximum absolute atomic E-state index is 11.4. The van der Waals surface area contributed by atoms with Gasteiger partial charge in [0.05, 0.1) is 30.3 Å². The maximum Gasteiger partial charge on any atom is 0.529 e. The second-order valence-corrected chi connectivity index (χ2v) is 14.6. The van der Waals surface area contributed by atoms with E-state index < -0.39 is 17.0 Å². The van der Waals surface area contributed by atoms with Crippen LogP contribution in [0.3, 0.4) is 0 Å². The quantitative estimate of drug-likeness (QED) is 0.0328. The predicted octanol–water partition coefficient (Wildman–Crippen LogP) is 12.3. The van der Waals surface area contributed by atoms with Crippen LogP contribution >= 0.6 is 28.7 Å². The Labute approximate surface area is 327 Å². The molecule has 282 valence electrons. The molecule has 55 heavy (non-hydrogen) atoms. The molecule has 0 bridgehead atoms. The number of carbonyl (C=O) groups is 2. The molecule has 0 saturated heterocycles. The van der Waals surface area contributed by atoms with Gasteiger partial charge in [0.2, 0.25) is 0 Å². The molecule has 0 radical (unpaired) electrons. The number of methoxy groups -OCH3 is 2. The zero-order valence-electron chi connectivity index (χ0n) is 30.7. The van der Waals surface area contributed by atoms with Gasteiger partial charge in [0, 0.05) is 18.6 Å². The Morgan fingerprint density at radius 3 is 1.98 bits per heavy atom. The maximum atomic E-state index is 11.4. The third kappa shape index (κ3) is 10.8. The summed E-state index contributed by atoms with van der Waals surface area (Å²) in [6.45, 7) is 7.35. The molecule has 12 heteroatoms. The van der Waals surface area contributed by atoms with E-state index in [1.54, 1.807) is 61.6 Å². The Morgan fingerprint density at radius 2 is 1.38 bits per heavy atom. The Kier molecular flexibility index (Phi) is 15.4. The molecule has 0 fully saturated rings. The van der Waals surface area contributed by atoms with Crippen molar-refractivity contribution in [3.8, 4) is 23.0 Å². The van der Waals surface area contributed by atoms with E-state index >= 15 is 0 Å². The fourth-order valence-corrected chi connectivity index (χ4v) is 8.40. The van der Waals surface area contributed by atoms with E-state index in [-0.39, 0.29) is 6.42 Å². The molecule has 0 N–H and O–H groups in total. The van der Waals surface area contributed by atoms with E-state index in [1.807, 2.05) is 79.5 Å². The molecule has 9 nitrogen and oxygen atoms in total. The number of allylic oxidation sites excluding steroid dienone is 6. The van der Waals surface area contributed by atoms with Gasteiger partial charge in [-0.15, -0.1) is 0 Å². The first-order valence-electron chi connectivity index (χ1n) is 17.0. The summed E-state index contributed by atoms with van der Waals surface area (Å²) in [4.78, 5) is 24.2. The van der Waals surface area contributed by atoms with Crippen molar-refractivity contribution >= 4 is 62.9 Å². The molecule has 0 saturated carbocycles. The van der Waals surface area contributed by atoms with Crippen LogP contribution in [-0.4, -0.2) is 33.5 Å². The van der Waals surface area contributed by atoms with Crippen LogP contribution in [0.2, 0.25) is 0 Å².